The van der Waals surface area contributed by atoms with Gasteiger partial charge in [0.1, 0.15) is 5.75 Å². The number of hydrogen-bond donors (Lipinski definition) is 0. The maximum absolute atomic E-state index is 8.38. The Hall–Kier alpha value is -1.49. The monoisotopic (exact) mass is 231 g/mol. The third kappa shape index (κ3) is 5.40. The molecule has 0 amide bonds. The first-order chi connectivity index (χ1) is 8.26. The summed E-state index contributed by atoms with van der Waals surface area (Å²) in [7, 11) is 0. The van der Waals surface area contributed by atoms with Crippen LogP contribution in [0.15, 0.2) is 24.3 Å². The van der Waals surface area contributed by atoms with Gasteiger partial charge in [0, 0.05) is 0 Å². The predicted molar refractivity (Wildman–Crippen MR) is 69.7 cm³/mol. The van der Waals surface area contributed by atoms with E-state index in [1.54, 1.807) is 6.26 Å². The second kappa shape index (κ2) is 7.73. The smallest absolute Gasteiger partial charge is 0.292 e. The molecule has 0 radical (unpaired) electrons. The molecule has 0 aliphatic carbocycles. The summed E-state index contributed by atoms with van der Waals surface area (Å²) >= 11 is 0. The van der Waals surface area contributed by atoms with Crippen molar-refractivity contribution in [2.45, 2.75) is 46.0 Å². The third-order valence-electron chi connectivity index (χ3n) is 3.06. The molecule has 0 aliphatic rings. The fourth-order valence-electron chi connectivity index (χ4n) is 1.89. The summed E-state index contributed by atoms with van der Waals surface area (Å²) in [5.74, 6) is 1.42. The fourth-order valence-corrected chi connectivity index (χ4v) is 1.89. The summed E-state index contributed by atoms with van der Waals surface area (Å²) in [5, 5.41) is 8.38. The molecule has 1 aromatic rings. The van der Waals surface area contributed by atoms with Crippen LogP contribution in [0.4, 0.5) is 0 Å². The van der Waals surface area contributed by atoms with Crippen molar-refractivity contribution in [2.24, 2.45) is 5.92 Å². The molecule has 1 atom stereocenters. The van der Waals surface area contributed by atoms with Crippen molar-refractivity contribution < 1.29 is 4.74 Å². The first kappa shape index (κ1) is 13.6. The van der Waals surface area contributed by atoms with Crippen LogP contribution in [0.5, 0.6) is 5.75 Å². The zero-order valence-electron chi connectivity index (χ0n) is 10.8. The minimum Gasteiger partial charge on any atom is -0.388 e. The molecule has 17 heavy (non-hydrogen) atoms. The molecule has 0 fully saturated rings. The Bertz CT molecular complexity index is 350. The van der Waals surface area contributed by atoms with Gasteiger partial charge in [-0.25, -0.2) is 0 Å². The second-order valence-corrected chi connectivity index (χ2v) is 4.62. The minimum atomic E-state index is 0.621. The number of rotatable bonds is 7. The Morgan fingerprint density at radius 3 is 2.53 bits per heavy atom. The number of nitrogens with zero attached hydrogens (tertiary/aromatic N) is 1. The van der Waals surface area contributed by atoms with Gasteiger partial charge in [0.25, 0.3) is 6.26 Å². The maximum atomic E-state index is 8.38. The van der Waals surface area contributed by atoms with Crippen LogP contribution < -0.4 is 4.74 Å². The van der Waals surface area contributed by atoms with E-state index in [-0.39, 0.29) is 0 Å². The van der Waals surface area contributed by atoms with E-state index in [1.165, 1.54) is 31.2 Å². The Morgan fingerprint density at radius 1 is 1.24 bits per heavy atom. The lowest BCUT2D eigenvalue weighted by Crippen LogP contribution is -1.97. The third-order valence-corrected chi connectivity index (χ3v) is 3.06. The van der Waals surface area contributed by atoms with E-state index in [9.17, 15) is 0 Å². The summed E-state index contributed by atoms with van der Waals surface area (Å²) < 4.78 is 4.75. The van der Waals surface area contributed by atoms with E-state index in [4.69, 9.17) is 10.00 Å². The minimum absolute atomic E-state index is 0.621. The highest BCUT2D eigenvalue weighted by atomic mass is 16.5. The van der Waals surface area contributed by atoms with Gasteiger partial charge in [-0.05, 0) is 36.5 Å². The van der Waals surface area contributed by atoms with Crippen molar-refractivity contribution in [3.8, 4) is 12.0 Å². The van der Waals surface area contributed by atoms with E-state index < -0.39 is 0 Å². The zero-order valence-corrected chi connectivity index (χ0v) is 10.8. The average Bonchev–Trinajstić information content (AvgIpc) is 2.36. The molecule has 0 saturated carbocycles. The van der Waals surface area contributed by atoms with Crippen molar-refractivity contribution in [3.05, 3.63) is 29.8 Å². The van der Waals surface area contributed by atoms with Gasteiger partial charge in [-0.1, -0.05) is 45.2 Å². The Kier molecular flexibility index (Phi) is 6.17. The van der Waals surface area contributed by atoms with Crippen LogP contribution in [0.25, 0.3) is 0 Å². The number of aryl methyl sites for hydroxylation is 1. The van der Waals surface area contributed by atoms with Crippen molar-refractivity contribution in [2.75, 3.05) is 0 Å². The van der Waals surface area contributed by atoms with Crippen molar-refractivity contribution >= 4 is 0 Å². The summed E-state index contributed by atoms with van der Waals surface area (Å²) in [6.45, 7) is 4.56. The quantitative estimate of drug-likeness (QED) is 0.655. The van der Waals surface area contributed by atoms with E-state index in [2.05, 4.69) is 13.8 Å². The molecule has 0 spiro atoms. The van der Waals surface area contributed by atoms with Gasteiger partial charge in [-0.2, -0.15) is 0 Å². The van der Waals surface area contributed by atoms with E-state index in [0.717, 1.165) is 12.3 Å². The zero-order chi connectivity index (χ0) is 12.5. The molecule has 1 unspecified atom stereocenters. The molecule has 0 saturated heterocycles. The number of nitriles is 1. The molecule has 0 aromatic heterocycles. The summed E-state index contributed by atoms with van der Waals surface area (Å²) in [6.07, 6.45) is 7.96. The number of benzene rings is 1. The van der Waals surface area contributed by atoms with Crippen molar-refractivity contribution in [3.63, 3.8) is 0 Å². The first-order valence-electron chi connectivity index (χ1n) is 6.41. The van der Waals surface area contributed by atoms with Crippen LogP contribution >= 0.6 is 0 Å². The SMILES string of the molecule is CCCCC(C)CCc1ccc(OC#N)cc1. The first-order valence-corrected chi connectivity index (χ1v) is 6.41. The lowest BCUT2D eigenvalue weighted by atomic mass is 9.96. The average molecular weight is 231 g/mol. The van der Waals surface area contributed by atoms with Gasteiger partial charge in [0.05, 0.1) is 0 Å². The highest BCUT2D eigenvalue weighted by Crippen LogP contribution is 2.17. The second-order valence-electron chi connectivity index (χ2n) is 4.62. The molecule has 0 aliphatic heterocycles. The molecule has 2 nitrogen and oxygen atoms in total. The van der Waals surface area contributed by atoms with E-state index in [0.29, 0.717) is 5.75 Å². The van der Waals surface area contributed by atoms with E-state index >= 15 is 0 Å². The Morgan fingerprint density at radius 2 is 1.94 bits per heavy atom. The summed E-state index contributed by atoms with van der Waals surface area (Å²) in [4.78, 5) is 0. The van der Waals surface area contributed by atoms with Gasteiger partial charge >= 0.3 is 0 Å². The van der Waals surface area contributed by atoms with Crippen LogP contribution in [-0.4, -0.2) is 0 Å². The van der Waals surface area contributed by atoms with Crippen molar-refractivity contribution in [1.82, 2.24) is 0 Å². The molecule has 0 heterocycles. The normalized spacial score (nSPS) is 11.8. The molecule has 0 N–H and O–H groups in total. The molecule has 0 bridgehead atoms. The topological polar surface area (TPSA) is 33.0 Å². The van der Waals surface area contributed by atoms with Crippen LogP contribution in [-0.2, 0) is 6.42 Å². The van der Waals surface area contributed by atoms with Gasteiger partial charge in [-0.3, -0.25) is 0 Å². The van der Waals surface area contributed by atoms with Gasteiger partial charge in [0.15, 0.2) is 0 Å². The molecular weight excluding hydrogens is 210 g/mol. The van der Waals surface area contributed by atoms with Crippen LogP contribution in [0.2, 0.25) is 0 Å². The molecule has 92 valence electrons. The van der Waals surface area contributed by atoms with Gasteiger partial charge < -0.3 is 4.74 Å². The number of ether oxygens (including phenoxy) is 1. The summed E-state index contributed by atoms with van der Waals surface area (Å²) in [6, 6.07) is 7.79. The van der Waals surface area contributed by atoms with Crippen molar-refractivity contribution in [1.29, 1.82) is 5.26 Å². The summed E-state index contributed by atoms with van der Waals surface area (Å²) in [5.41, 5.74) is 1.32. The number of hydrogen-bond acceptors (Lipinski definition) is 2. The van der Waals surface area contributed by atoms with Gasteiger partial charge in [0.2, 0.25) is 0 Å². The largest absolute Gasteiger partial charge is 0.388 e. The number of unbranched alkanes of at least 4 members (excludes halogenated alkanes) is 1. The predicted octanol–water partition coefficient (Wildman–Crippen LogP) is 4.31. The molecule has 1 aromatic carbocycles. The lowest BCUT2D eigenvalue weighted by Gasteiger charge is -2.10. The highest BCUT2D eigenvalue weighted by Gasteiger charge is 2.02. The molecule has 1 rings (SSSR count). The Labute approximate surface area is 104 Å². The van der Waals surface area contributed by atoms with Crippen LogP contribution in [0.1, 0.15) is 45.1 Å². The van der Waals surface area contributed by atoms with Gasteiger partial charge in [-0.15, -0.1) is 5.26 Å². The van der Waals surface area contributed by atoms with E-state index in [1.807, 2.05) is 24.3 Å². The maximum Gasteiger partial charge on any atom is 0.292 e. The fraction of sp³-hybridized carbons (Fsp3) is 0.533. The van der Waals surface area contributed by atoms with Crippen LogP contribution in [0.3, 0.4) is 0 Å². The Balaban J connectivity index is 2.34. The molecular formula is C15H21NO. The molecule has 2 heteroatoms. The standard InChI is InChI=1S/C15H21NO/c1-3-4-5-13(2)6-7-14-8-10-15(11-9-14)17-12-16/h8-11,13H,3-7H2,1-2H3. The van der Waals surface area contributed by atoms with Crippen LogP contribution in [0, 0.1) is 17.4 Å². The highest BCUT2D eigenvalue weighted by molar-refractivity contribution is 5.28. The lowest BCUT2D eigenvalue weighted by molar-refractivity contribution is 0.471.